The van der Waals surface area contributed by atoms with Crippen molar-refractivity contribution in [3.8, 4) is 0 Å². The van der Waals surface area contributed by atoms with Crippen LogP contribution in [0.1, 0.15) is 25.7 Å². The van der Waals surface area contributed by atoms with Crippen molar-refractivity contribution in [3.05, 3.63) is 0 Å². The van der Waals surface area contributed by atoms with Crippen molar-refractivity contribution in [2.75, 3.05) is 12.4 Å². The maximum absolute atomic E-state index is 11.6. The number of carbonyl (C=O) groups is 1. The van der Waals surface area contributed by atoms with Gasteiger partial charge in [0.25, 0.3) is 0 Å². The van der Waals surface area contributed by atoms with Crippen LogP contribution < -0.4 is 5.32 Å². The van der Waals surface area contributed by atoms with Gasteiger partial charge in [-0.3, -0.25) is 4.79 Å². The molecule has 15 heavy (non-hydrogen) atoms. The second-order valence-electron chi connectivity index (χ2n) is 3.44. The van der Waals surface area contributed by atoms with Gasteiger partial charge in [-0.25, -0.2) is 0 Å². The molecule has 1 heterocycles. The Labute approximate surface area is 96.9 Å². The molecule has 2 rings (SSSR count). The first-order valence-electron chi connectivity index (χ1n) is 5.00. The summed E-state index contributed by atoms with van der Waals surface area (Å²) in [7, 11) is 1.82. The third-order valence-corrected chi connectivity index (χ3v) is 4.70. The van der Waals surface area contributed by atoms with Crippen LogP contribution in [0, 0.1) is 0 Å². The average Bonchev–Trinajstić information content (AvgIpc) is 2.69. The number of nitrogens with one attached hydrogen (secondary N) is 1. The first kappa shape index (κ1) is 10.9. The summed E-state index contributed by atoms with van der Waals surface area (Å²) in [5.74, 6) is 0.368. The second kappa shape index (κ2) is 4.94. The zero-order valence-corrected chi connectivity index (χ0v) is 10.2. The van der Waals surface area contributed by atoms with Gasteiger partial charge in [0.05, 0.1) is 5.25 Å². The zero-order valence-electron chi connectivity index (χ0n) is 8.52. The van der Waals surface area contributed by atoms with Crippen LogP contribution in [0.5, 0.6) is 0 Å². The lowest BCUT2D eigenvalue weighted by Gasteiger charge is -2.17. The van der Waals surface area contributed by atoms with Crippen LogP contribution in [0.2, 0.25) is 0 Å². The molecular formula is C9H13N3OS2. The van der Waals surface area contributed by atoms with Crippen molar-refractivity contribution >= 4 is 34.0 Å². The molecule has 0 spiro atoms. The van der Waals surface area contributed by atoms with Crippen molar-refractivity contribution in [2.24, 2.45) is 0 Å². The molecule has 4 nitrogen and oxygen atoms in total. The summed E-state index contributed by atoms with van der Waals surface area (Å²) >= 11 is 3.07. The monoisotopic (exact) mass is 243 g/mol. The van der Waals surface area contributed by atoms with Crippen molar-refractivity contribution in [1.29, 1.82) is 0 Å². The summed E-state index contributed by atoms with van der Waals surface area (Å²) < 4.78 is 0.889. The van der Waals surface area contributed by atoms with Crippen LogP contribution in [0.25, 0.3) is 0 Å². The highest BCUT2D eigenvalue weighted by molar-refractivity contribution is 8.02. The largest absolute Gasteiger partial charge is 0.363 e. The molecule has 0 unspecified atom stereocenters. The number of thioether (sulfide) groups is 1. The number of rotatable bonds is 3. The minimum Gasteiger partial charge on any atom is -0.363 e. The van der Waals surface area contributed by atoms with Gasteiger partial charge in [0.15, 0.2) is 4.34 Å². The molecule has 1 aromatic rings. The van der Waals surface area contributed by atoms with Gasteiger partial charge >= 0.3 is 0 Å². The smallest absolute Gasteiger partial charge is 0.206 e. The van der Waals surface area contributed by atoms with Gasteiger partial charge < -0.3 is 5.32 Å². The Bertz CT molecular complexity index is 353. The Kier molecular flexibility index (Phi) is 3.58. The first-order chi connectivity index (χ1) is 7.29. The van der Waals surface area contributed by atoms with E-state index in [1.807, 2.05) is 7.05 Å². The highest BCUT2D eigenvalue weighted by Crippen LogP contribution is 2.34. The van der Waals surface area contributed by atoms with E-state index < -0.39 is 0 Å². The second-order valence-corrected chi connectivity index (χ2v) is 5.87. The van der Waals surface area contributed by atoms with Crippen molar-refractivity contribution in [1.82, 2.24) is 10.2 Å². The van der Waals surface area contributed by atoms with Gasteiger partial charge in [-0.1, -0.05) is 29.5 Å². The van der Waals surface area contributed by atoms with Crippen LogP contribution in [0.4, 0.5) is 5.13 Å². The molecule has 82 valence electrons. The Balaban J connectivity index is 1.98. The molecule has 0 aliphatic heterocycles. The molecular weight excluding hydrogens is 230 g/mol. The number of hydrogen-bond acceptors (Lipinski definition) is 6. The third-order valence-electron chi connectivity index (χ3n) is 2.36. The molecule has 1 saturated carbocycles. The van der Waals surface area contributed by atoms with Crippen LogP contribution in [0.15, 0.2) is 4.34 Å². The average molecular weight is 243 g/mol. The van der Waals surface area contributed by atoms with Gasteiger partial charge in [0.1, 0.15) is 5.78 Å². The van der Waals surface area contributed by atoms with E-state index in [-0.39, 0.29) is 5.25 Å². The fourth-order valence-electron chi connectivity index (χ4n) is 1.56. The fourth-order valence-corrected chi connectivity index (χ4v) is 3.63. The SMILES string of the molecule is CNc1nnc(S[C@H]2CCCCC2=O)s1. The number of nitrogens with zero attached hydrogens (tertiary/aromatic N) is 2. The number of anilines is 1. The zero-order chi connectivity index (χ0) is 10.7. The van der Waals surface area contributed by atoms with E-state index in [1.165, 1.54) is 11.3 Å². The highest BCUT2D eigenvalue weighted by atomic mass is 32.2. The topological polar surface area (TPSA) is 54.9 Å². The molecule has 0 amide bonds. The molecule has 0 radical (unpaired) electrons. The molecule has 0 aromatic carbocycles. The maximum Gasteiger partial charge on any atom is 0.206 e. The molecule has 1 aromatic heterocycles. The third kappa shape index (κ3) is 2.69. The fraction of sp³-hybridized carbons (Fsp3) is 0.667. The number of carbonyl (C=O) groups excluding carboxylic acids is 1. The van der Waals surface area contributed by atoms with Crippen LogP contribution in [-0.4, -0.2) is 28.3 Å². The quantitative estimate of drug-likeness (QED) is 0.882. The van der Waals surface area contributed by atoms with Crippen molar-refractivity contribution in [2.45, 2.75) is 35.3 Å². The molecule has 1 N–H and O–H groups in total. The Morgan fingerprint density at radius 2 is 2.33 bits per heavy atom. The van der Waals surface area contributed by atoms with E-state index in [1.54, 1.807) is 11.8 Å². The molecule has 0 saturated heterocycles. The predicted molar refractivity (Wildman–Crippen MR) is 62.6 cm³/mol. The Hall–Kier alpha value is -0.620. The first-order valence-corrected chi connectivity index (χ1v) is 6.70. The molecule has 1 atom stereocenters. The van der Waals surface area contributed by atoms with E-state index in [0.29, 0.717) is 5.78 Å². The standard InChI is InChI=1S/C9H13N3OS2/c1-10-8-11-12-9(15-8)14-7-5-3-2-4-6(7)13/h7H,2-5H2,1H3,(H,10,11)/t7-/m0/s1. The molecule has 6 heteroatoms. The number of ketones is 1. The van der Waals surface area contributed by atoms with Gasteiger partial charge in [0, 0.05) is 13.5 Å². The van der Waals surface area contributed by atoms with Crippen molar-refractivity contribution in [3.63, 3.8) is 0 Å². The number of aromatic nitrogens is 2. The summed E-state index contributed by atoms with van der Waals surface area (Å²) in [5.41, 5.74) is 0. The van der Waals surface area contributed by atoms with Crippen molar-refractivity contribution < 1.29 is 4.79 Å². The minimum atomic E-state index is 0.108. The minimum absolute atomic E-state index is 0.108. The van der Waals surface area contributed by atoms with E-state index in [4.69, 9.17) is 0 Å². The van der Waals surface area contributed by atoms with Gasteiger partial charge in [-0.15, -0.1) is 10.2 Å². The highest BCUT2D eigenvalue weighted by Gasteiger charge is 2.24. The summed E-state index contributed by atoms with van der Waals surface area (Å²) in [6.45, 7) is 0. The predicted octanol–water partition coefficient (Wildman–Crippen LogP) is 2.18. The summed E-state index contributed by atoms with van der Waals surface area (Å²) in [5, 5.41) is 11.8. The lowest BCUT2D eigenvalue weighted by atomic mass is 9.99. The normalized spacial score (nSPS) is 21.7. The number of Topliss-reactive ketones (excluding diaryl/α,β-unsaturated/α-hetero) is 1. The van der Waals surface area contributed by atoms with Crippen LogP contribution >= 0.6 is 23.1 Å². The van der Waals surface area contributed by atoms with E-state index in [9.17, 15) is 4.79 Å². The van der Waals surface area contributed by atoms with Crippen LogP contribution in [-0.2, 0) is 4.79 Å². The lowest BCUT2D eigenvalue weighted by molar-refractivity contribution is -0.119. The Morgan fingerprint density at radius 1 is 1.47 bits per heavy atom. The van der Waals surface area contributed by atoms with Gasteiger partial charge in [-0.2, -0.15) is 0 Å². The summed E-state index contributed by atoms with van der Waals surface area (Å²) in [6.07, 6.45) is 3.92. The summed E-state index contributed by atoms with van der Waals surface area (Å²) in [4.78, 5) is 11.6. The lowest BCUT2D eigenvalue weighted by Crippen LogP contribution is -2.21. The number of hydrogen-bond donors (Lipinski definition) is 1. The van der Waals surface area contributed by atoms with Gasteiger partial charge in [-0.05, 0) is 12.8 Å². The Morgan fingerprint density at radius 3 is 3.00 bits per heavy atom. The molecule has 1 aliphatic carbocycles. The summed E-state index contributed by atoms with van der Waals surface area (Å²) in [6, 6.07) is 0. The molecule has 1 fully saturated rings. The van der Waals surface area contributed by atoms with Crippen LogP contribution in [0.3, 0.4) is 0 Å². The van der Waals surface area contributed by atoms with E-state index >= 15 is 0 Å². The molecule has 0 bridgehead atoms. The van der Waals surface area contributed by atoms with E-state index in [2.05, 4.69) is 15.5 Å². The maximum atomic E-state index is 11.6. The van der Waals surface area contributed by atoms with Gasteiger partial charge in [0.2, 0.25) is 5.13 Å². The molecule has 1 aliphatic rings. The van der Waals surface area contributed by atoms with E-state index in [0.717, 1.165) is 35.2 Å².